The molecule has 0 aromatic carbocycles. The minimum absolute atomic E-state index is 0.831. The van der Waals surface area contributed by atoms with E-state index in [1.165, 1.54) is 42.9 Å². The van der Waals surface area contributed by atoms with E-state index in [1.54, 1.807) is 11.3 Å². The molecule has 4 heteroatoms. The molecule has 1 fully saturated rings. The van der Waals surface area contributed by atoms with Crippen LogP contribution in [0.25, 0.3) is 10.6 Å². The van der Waals surface area contributed by atoms with Gasteiger partial charge < -0.3 is 9.88 Å². The second kappa shape index (κ2) is 5.67. The van der Waals surface area contributed by atoms with Crippen molar-refractivity contribution in [1.82, 2.24) is 14.9 Å². The van der Waals surface area contributed by atoms with Crippen molar-refractivity contribution in [3.63, 3.8) is 0 Å². The maximum Gasteiger partial charge on any atom is 0.0951 e. The Hall–Kier alpha value is -1.13. The van der Waals surface area contributed by atoms with Gasteiger partial charge in [-0.3, -0.25) is 0 Å². The predicted octanol–water partition coefficient (Wildman–Crippen LogP) is 3.00. The number of imidazole rings is 1. The van der Waals surface area contributed by atoms with Crippen LogP contribution in [0.15, 0.2) is 30.0 Å². The first-order valence-corrected chi connectivity index (χ1v) is 7.56. The van der Waals surface area contributed by atoms with E-state index < -0.39 is 0 Å². The number of nitrogens with zero attached hydrogens (tertiary/aromatic N) is 2. The summed E-state index contributed by atoms with van der Waals surface area (Å²) in [6, 6.07) is 4.27. The summed E-state index contributed by atoms with van der Waals surface area (Å²) in [4.78, 5) is 5.61. The van der Waals surface area contributed by atoms with Gasteiger partial charge in [0.25, 0.3) is 0 Å². The number of aromatic nitrogens is 2. The molecule has 1 aliphatic heterocycles. The number of hydrogen-bond donors (Lipinski definition) is 1. The van der Waals surface area contributed by atoms with Crippen LogP contribution < -0.4 is 5.32 Å². The summed E-state index contributed by atoms with van der Waals surface area (Å²) >= 11 is 1.78. The molecule has 18 heavy (non-hydrogen) atoms. The number of rotatable bonds is 4. The Balaban J connectivity index is 1.64. The maximum absolute atomic E-state index is 4.30. The van der Waals surface area contributed by atoms with E-state index in [-0.39, 0.29) is 0 Å². The molecule has 1 saturated heterocycles. The van der Waals surface area contributed by atoms with Crippen LogP contribution in [0, 0.1) is 5.92 Å². The second-order valence-electron chi connectivity index (χ2n) is 4.95. The standard InChI is InChI=1S/C14H19N3S/c1-3-12(9-15-6-1)5-7-17-11-16-10-13(17)14-4-2-8-18-14/h2,4,8,10-12,15H,1,3,5-7,9H2. The first kappa shape index (κ1) is 11.9. The highest BCUT2D eigenvalue weighted by Gasteiger charge is 2.13. The third kappa shape index (κ3) is 2.65. The number of aryl methyl sites for hydroxylation is 1. The highest BCUT2D eigenvalue weighted by molar-refractivity contribution is 7.13. The lowest BCUT2D eigenvalue weighted by molar-refractivity contribution is 0.342. The molecule has 0 aliphatic carbocycles. The number of piperidine rings is 1. The van der Waals surface area contributed by atoms with Gasteiger partial charge in [-0.1, -0.05) is 6.07 Å². The quantitative estimate of drug-likeness (QED) is 0.917. The molecule has 2 aromatic rings. The Bertz CT molecular complexity index is 469. The summed E-state index contributed by atoms with van der Waals surface area (Å²) in [5.74, 6) is 0.831. The fraction of sp³-hybridized carbons (Fsp3) is 0.500. The van der Waals surface area contributed by atoms with Gasteiger partial charge in [-0.05, 0) is 49.7 Å². The van der Waals surface area contributed by atoms with Crippen LogP contribution >= 0.6 is 11.3 Å². The van der Waals surface area contributed by atoms with Crippen LogP contribution in [0.3, 0.4) is 0 Å². The van der Waals surface area contributed by atoms with Gasteiger partial charge in [0.1, 0.15) is 0 Å². The Kier molecular flexibility index (Phi) is 3.76. The van der Waals surface area contributed by atoms with Gasteiger partial charge in [-0.15, -0.1) is 11.3 Å². The Morgan fingerprint density at radius 3 is 3.28 bits per heavy atom. The molecular weight excluding hydrogens is 242 g/mol. The molecule has 0 radical (unpaired) electrons. The zero-order valence-corrected chi connectivity index (χ0v) is 11.3. The molecule has 0 saturated carbocycles. The van der Waals surface area contributed by atoms with Crippen molar-refractivity contribution in [2.75, 3.05) is 13.1 Å². The van der Waals surface area contributed by atoms with Crippen molar-refractivity contribution in [2.45, 2.75) is 25.8 Å². The third-order valence-corrected chi connectivity index (χ3v) is 4.56. The van der Waals surface area contributed by atoms with Gasteiger partial charge >= 0.3 is 0 Å². The second-order valence-corrected chi connectivity index (χ2v) is 5.90. The van der Waals surface area contributed by atoms with Crippen molar-refractivity contribution in [3.8, 4) is 10.6 Å². The highest BCUT2D eigenvalue weighted by atomic mass is 32.1. The molecule has 0 amide bonds. The third-order valence-electron chi connectivity index (χ3n) is 3.66. The number of hydrogen-bond acceptors (Lipinski definition) is 3. The first-order chi connectivity index (χ1) is 8.93. The van der Waals surface area contributed by atoms with Gasteiger partial charge in [-0.25, -0.2) is 4.98 Å². The van der Waals surface area contributed by atoms with Gasteiger partial charge in [0, 0.05) is 6.54 Å². The van der Waals surface area contributed by atoms with Gasteiger partial charge in [0.05, 0.1) is 23.1 Å². The van der Waals surface area contributed by atoms with E-state index in [4.69, 9.17) is 0 Å². The van der Waals surface area contributed by atoms with Crippen LogP contribution in [0.1, 0.15) is 19.3 Å². The average Bonchev–Trinajstić information content (AvgIpc) is 3.08. The van der Waals surface area contributed by atoms with E-state index in [9.17, 15) is 0 Å². The molecule has 1 unspecified atom stereocenters. The van der Waals surface area contributed by atoms with E-state index in [0.29, 0.717) is 0 Å². The zero-order valence-electron chi connectivity index (χ0n) is 10.5. The van der Waals surface area contributed by atoms with Crippen molar-refractivity contribution in [2.24, 2.45) is 5.92 Å². The van der Waals surface area contributed by atoms with Crippen LogP contribution in [0.2, 0.25) is 0 Å². The van der Waals surface area contributed by atoms with Crippen LogP contribution in [-0.2, 0) is 6.54 Å². The van der Waals surface area contributed by atoms with Gasteiger partial charge in [-0.2, -0.15) is 0 Å². The number of thiophene rings is 1. The lowest BCUT2D eigenvalue weighted by atomic mass is 9.96. The monoisotopic (exact) mass is 261 g/mol. The van der Waals surface area contributed by atoms with Crippen molar-refractivity contribution < 1.29 is 0 Å². The molecule has 3 rings (SSSR count). The zero-order chi connectivity index (χ0) is 12.2. The van der Waals surface area contributed by atoms with E-state index in [1.807, 2.05) is 12.5 Å². The molecule has 1 atom stereocenters. The van der Waals surface area contributed by atoms with Crippen molar-refractivity contribution in [1.29, 1.82) is 0 Å². The fourth-order valence-electron chi connectivity index (χ4n) is 2.62. The maximum atomic E-state index is 4.30. The summed E-state index contributed by atoms with van der Waals surface area (Å²) in [7, 11) is 0. The average molecular weight is 261 g/mol. The minimum Gasteiger partial charge on any atom is -0.330 e. The normalized spacial score (nSPS) is 20.1. The molecule has 3 heterocycles. The van der Waals surface area contributed by atoms with E-state index in [2.05, 4.69) is 32.4 Å². The topological polar surface area (TPSA) is 29.9 Å². The summed E-state index contributed by atoms with van der Waals surface area (Å²) in [6.07, 6.45) is 7.89. The first-order valence-electron chi connectivity index (χ1n) is 6.68. The summed E-state index contributed by atoms with van der Waals surface area (Å²) < 4.78 is 2.29. The summed E-state index contributed by atoms with van der Waals surface area (Å²) in [6.45, 7) is 3.46. The molecule has 1 aliphatic rings. The molecule has 3 nitrogen and oxygen atoms in total. The largest absolute Gasteiger partial charge is 0.330 e. The minimum atomic E-state index is 0.831. The molecule has 0 spiro atoms. The van der Waals surface area contributed by atoms with Crippen molar-refractivity contribution in [3.05, 3.63) is 30.0 Å². The SMILES string of the molecule is c1csc(-c2cncn2CCC2CCCNC2)c1. The Morgan fingerprint density at radius 1 is 1.50 bits per heavy atom. The molecule has 2 aromatic heterocycles. The van der Waals surface area contributed by atoms with Crippen LogP contribution in [0.5, 0.6) is 0 Å². The molecule has 1 N–H and O–H groups in total. The molecular formula is C14H19N3S. The smallest absolute Gasteiger partial charge is 0.0951 e. The lowest BCUT2D eigenvalue weighted by Gasteiger charge is -2.23. The fourth-order valence-corrected chi connectivity index (χ4v) is 3.37. The number of nitrogens with one attached hydrogen (secondary N) is 1. The summed E-state index contributed by atoms with van der Waals surface area (Å²) in [5, 5.41) is 5.61. The Morgan fingerprint density at radius 2 is 2.50 bits per heavy atom. The van der Waals surface area contributed by atoms with Crippen molar-refractivity contribution >= 4 is 11.3 Å². The van der Waals surface area contributed by atoms with E-state index >= 15 is 0 Å². The Labute approximate surface area is 112 Å². The summed E-state index contributed by atoms with van der Waals surface area (Å²) in [5.41, 5.74) is 1.26. The predicted molar refractivity (Wildman–Crippen MR) is 75.8 cm³/mol. The lowest BCUT2D eigenvalue weighted by Crippen LogP contribution is -2.30. The van der Waals surface area contributed by atoms with Gasteiger partial charge in [0.15, 0.2) is 0 Å². The molecule has 0 bridgehead atoms. The highest BCUT2D eigenvalue weighted by Crippen LogP contribution is 2.25. The van der Waals surface area contributed by atoms with Crippen LogP contribution in [-0.4, -0.2) is 22.6 Å². The van der Waals surface area contributed by atoms with E-state index in [0.717, 1.165) is 12.5 Å². The van der Waals surface area contributed by atoms with Gasteiger partial charge in [0.2, 0.25) is 0 Å². The van der Waals surface area contributed by atoms with Crippen LogP contribution in [0.4, 0.5) is 0 Å². The molecule has 96 valence electrons.